The van der Waals surface area contributed by atoms with Crippen LogP contribution in [0.2, 0.25) is 0 Å². The molecular weight excluding hydrogens is 456 g/mol. The molecule has 1 saturated carbocycles. The van der Waals surface area contributed by atoms with Crippen molar-refractivity contribution in [1.29, 1.82) is 0 Å². The molecule has 3 aromatic heterocycles. The number of anilines is 2. The van der Waals surface area contributed by atoms with Gasteiger partial charge in [0.25, 0.3) is 0 Å². The lowest BCUT2D eigenvalue weighted by atomic mass is 10.1. The van der Waals surface area contributed by atoms with Crippen molar-refractivity contribution in [2.24, 2.45) is 0 Å². The monoisotopic (exact) mass is 484 g/mol. The number of hydrogen-bond donors (Lipinski definition) is 1. The molecule has 1 spiro atoms. The Morgan fingerprint density at radius 3 is 2.78 bits per heavy atom. The number of H-pyrrole nitrogens is 1. The zero-order valence-electron chi connectivity index (χ0n) is 20.2. The van der Waals surface area contributed by atoms with Gasteiger partial charge < -0.3 is 19.3 Å². The van der Waals surface area contributed by atoms with E-state index in [4.69, 9.17) is 24.4 Å². The van der Waals surface area contributed by atoms with Gasteiger partial charge in [0.1, 0.15) is 12.1 Å². The van der Waals surface area contributed by atoms with Crippen molar-refractivity contribution < 1.29 is 9.47 Å². The molecule has 0 amide bonds. The molecule has 1 aromatic carbocycles. The highest BCUT2D eigenvalue weighted by Gasteiger charge is 2.48. The molecule has 1 aliphatic carbocycles. The van der Waals surface area contributed by atoms with E-state index in [1.165, 1.54) is 6.33 Å². The summed E-state index contributed by atoms with van der Waals surface area (Å²) in [6.07, 6.45) is 3.73. The van der Waals surface area contributed by atoms with Crippen molar-refractivity contribution in [1.82, 2.24) is 30.1 Å². The molecule has 2 saturated heterocycles. The second-order valence-corrected chi connectivity index (χ2v) is 9.90. The first-order chi connectivity index (χ1) is 17.7. The molecule has 0 bridgehead atoms. The fourth-order valence-electron chi connectivity index (χ4n) is 5.17. The quantitative estimate of drug-likeness (QED) is 0.468. The molecule has 3 fully saturated rings. The highest BCUT2D eigenvalue weighted by atomic mass is 16.5. The average molecular weight is 485 g/mol. The minimum atomic E-state index is -0.0145. The van der Waals surface area contributed by atoms with E-state index in [1.54, 1.807) is 0 Å². The van der Waals surface area contributed by atoms with E-state index in [-0.39, 0.29) is 11.6 Å². The number of pyridine rings is 1. The first-order valence-electron chi connectivity index (χ1n) is 12.6. The second kappa shape index (κ2) is 8.49. The normalized spacial score (nSPS) is 21.3. The minimum Gasteiger partial charge on any atom is -0.377 e. The molecule has 5 heterocycles. The van der Waals surface area contributed by atoms with Crippen molar-refractivity contribution in [3.05, 3.63) is 42.7 Å². The maximum Gasteiger partial charge on any atom is 0.229 e. The Balaban J connectivity index is 1.33. The number of aromatic nitrogens is 6. The van der Waals surface area contributed by atoms with Crippen LogP contribution in [-0.2, 0) is 9.47 Å². The zero-order chi connectivity index (χ0) is 24.1. The van der Waals surface area contributed by atoms with Crippen LogP contribution in [0.1, 0.15) is 19.8 Å². The highest BCUT2D eigenvalue weighted by molar-refractivity contribution is 5.90. The maximum atomic E-state index is 6.05. The van der Waals surface area contributed by atoms with E-state index in [9.17, 15) is 0 Å². The van der Waals surface area contributed by atoms with Crippen LogP contribution < -0.4 is 9.80 Å². The topological polar surface area (TPSA) is 105 Å². The summed E-state index contributed by atoms with van der Waals surface area (Å²) in [6, 6.07) is 12.5. The highest BCUT2D eigenvalue weighted by Crippen LogP contribution is 2.43. The predicted octanol–water partition coefficient (Wildman–Crippen LogP) is 3.07. The summed E-state index contributed by atoms with van der Waals surface area (Å²) in [5.41, 5.74) is 3.50. The molecule has 1 N–H and O–H groups in total. The van der Waals surface area contributed by atoms with E-state index in [0.29, 0.717) is 25.5 Å². The molecule has 10 heteroatoms. The van der Waals surface area contributed by atoms with Gasteiger partial charge in [-0.1, -0.05) is 18.2 Å². The first-order valence-corrected chi connectivity index (χ1v) is 12.6. The molecule has 3 aliphatic rings. The number of morpholine rings is 2. The standard InChI is InChI=1S/C26H28N8O2/c1-17-14-35-11-10-34(17)24-20-5-6-21(18-3-2-4-19(13-18)22-27-16-28-32-22)29-23(20)30-25(31-24)33-9-12-36-26(15-33)7-8-26/h2-6,13,16-17H,7-12,14-15H2,1H3,(H,27,28,32)/t17-/m0/s1. The fraction of sp³-hybridized carbons (Fsp3) is 0.423. The molecule has 2 aliphatic heterocycles. The number of ether oxygens (including phenoxy) is 2. The molecular formula is C26H28N8O2. The molecule has 7 rings (SSSR count). The van der Waals surface area contributed by atoms with Crippen LogP contribution in [0.15, 0.2) is 42.7 Å². The number of aromatic amines is 1. The third kappa shape index (κ3) is 3.86. The second-order valence-electron chi connectivity index (χ2n) is 9.90. The number of nitrogens with zero attached hydrogens (tertiary/aromatic N) is 7. The van der Waals surface area contributed by atoms with E-state index >= 15 is 0 Å². The van der Waals surface area contributed by atoms with Crippen molar-refractivity contribution in [2.75, 3.05) is 49.3 Å². The molecule has 10 nitrogen and oxygen atoms in total. The lowest BCUT2D eigenvalue weighted by Gasteiger charge is -2.36. The van der Waals surface area contributed by atoms with Crippen molar-refractivity contribution in [2.45, 2.75) is 31.4 Å². The first kappa shape index (κ1) is 21.6. The van der Waals surface area contributed by atoms with Gasteiger partial charge in [-0.15, -0.1) is 0 Å². The minimum absolute atomic E-state index is 0.0145. The van der Waals surface area contributed by atoms with Gasteiger partial charge in [-0.3, -0.25) is 5.10 Å². The van der Waals surface area contributed by atoms with Gasteiger partial charge in [0.2, 0.25) is 5.95 Å². The Morgan fingerprint density at radius 1 is 1.03 bits per heavy atom. The Bertz CT molecular complexity index is 1400. The van der Waals surface area contributed by atoms with E-state index in [2.05, 4.69) is 50.1 Å². The summed E-state index contributed by atoms with van der Waals surface area (Å²) >= 11 is 0. The van der Waals surface area contributed by atoms with Crippen LogP contribution in [0.5, 0.6) is 0 Å². The Labute approximate surface area is 208 Å². The van der Waals surface area contributed by atoms with Gasteiger partial charge in [-0.25, -0.2) is 9.97 Å². The fourth-order valence-corrected chi connectivity index (χ4v) is 5.17. The van der Waals surface area contributed by atoms with Gasteiger partial charge in [0.05, 0.1) is 42.5 Å². The van der Waals surface area contributed by atoms with Gasteiger partial charge in [0, 0.05) is 30.8 Å². The Hall–Kier alpha value is -3.63. The largest absolute Gasteiger partial charge is 0.377 e. The van der Waals surface area contributed by atoms with E-state index in [0.717, 1.165) is 72.3 Å². The number of hydrogen-bond acceptors (Lipinski definition) is 9. The Morgan fingerprint density at radius 2 is 1.94 bits per heavy atom. The van der Waals surface area contributed by atoms with Gasteiger partial charge >= 0.3 is 0 Å². The molecule has 4 aromatic rings. The lowest BCUT2D eigenvalue weighted by Crippen LogP contribution is -2.46. The van der Waals surface area contributed by atoms with Crippen LogP contribution in [0.4, 0.5) is 11.8 Å². The molecule has 36 heavy (non-hydrogen) atoms. The van der Waals surface area contributed by atoms with Crippen LogP contribution in [-0.4, -0.2) is 81.2 Å². The average Bonchev–Trinajstić information content (AvgIpc) is 3.42. The molecule has 1 atom stereocenters. The van der Waals surface area contributed by atoms with Crippen molar-refractivity contribution >= 4 is 22.8 Å². The summed E-state index contributed by atoms with van der Waals surface area (Å²) in [5, 5.41) is 7.86. The van der Waals surface area contributed by atoms with E-state index in [1.807, 2.05) is 18.2 Å². The van der Waals surface area contributed by atoms with Gasteiger partial charge in [-0.2, -0.15) is 15.1 Å². The third-order valence-electron chi connectivity index (χ3n) is 7.35. The summed E-state index contributed by atoms with van der Waals surface area (Å²) in [4.78, 5) is 24.0. The van der Waals surface area contributed by atoms with Gasteiger partial charge in [0.15, 0.2) is 11.5 Å². The Kier molecular flexibility index (Phi) is 5.10. The summed E-state index contributed by atoms with van der Waals surface area (Å²) in [6.45, 7) is 6.65. The van der Waals surface area contributed by atoms with Crippen molar-refractivity contribution in [3.63, 3.8) is 0 Å². The summed E-state index contributed by atoms with van der Waals surface area (Å²) in [7, 11) is 0. The lowest BCUT2D eigenvalue weighted by molar-refractivity contribution is 0.0201. The van der Waals surface area contributed by atoms with Gasteiger partial charge in [-0.05, 0) is 38.0 Å². The van der Waals surface area contributed by atoms with Crippen LogP contribution in [0.25, 0.3) is 33.7 Å². The number of fused-ring (bicyclic) bond motifs is 1. The zero-order valence-corrected chi connectivity index (χ0v) is 20.2. The number of benzene rings is 1. The smallest absolute Gasteiger partial charge is 0.229 e. The van der Waals surface area contributed by atoms with Crippen LogP contribution in [0, 0.1) is 0 Å². The van der Waals surface area contributed by atoms with Crippen LogP contribution in [0.3, 0.4) is 0 Å². The predicted molar refractivity (Wildman–Crippen MR) is 136 cm³/mol. The SMILES string of the molecule is C[C@H]1COCCN1c1nc(N2CCOC3(CC3)C2)nc2nc(-c3cccc(-c4ncn[nH]4)c3)ccc12. The summed E-state index contributed by atoms with van der Waals surface area (Å²) in [5.74, 6) is 2.38. The molecule has 0 radical (unpaired) electrons. The molecule has 184 valence electrons. The van der Waals surface area contributed by atoms with E-state index < -0.39 is 0 Å². The molecule has 0 unspecified atom stereocenters. The number of nitrogens with one attached hydrogen (secondary N) is 1. The third-order valence-corrected chi connectivity index (χ3v) is 7.35. The maximum absolute atomic E-state index is 6.05. The summed E-state index contributed by atoms with van der Waals surface area (Å²) < 4.78 is 11.8. The number of rotatable bonds is 4. The van der Waals surface area contributed by atoms with Crippen LogP contribution >= 0.6 is 0 Å². The van der Waals surface area contributed by atoms with Crippen molar-refractivity contribution in [3.8, 4) is 22.6 Å².